The first-order chi connectivity index (χ1) is 6.58. The summed E-state index contributed by atoms with van der Waals surface area (Å²) in [4.78, 5) is 0. The van der Waals surface area contributed by atoms with Crippen molar-refractivity contribution in [3.63, 3.8) is 0 Å². The Morgan fingerprint density at radius 3 is 2.64 bits per heavy atom. The third-order valence-corrected chi connectivity index (χ3v) is 3.70. The van der Waals surface area contributed by atoms with Crippen LogP contribution in [0.3, 0.4) is 0 Å². The Morgan fingerprint density at radius 1 is 1.29 bits per heavy atom. The van der Waals surface area contributed by atoms with Crippen LogP contribution < -0.4 is 0 Å². The van der Waals surface area contributed by atoms with Gasteiger partial charge in [0.1, 0.15) is 0 Å². The number of rotatable bonds is 1. The summed E-state index contributed by atoms with van der Waals surface area (Å²) >= 11 is 8.64. The molecule has 0 spiro atoms. The Labute approximate surface area is 97.5 Å². The van der Waals surface area contributed by atoms with Crippen molar-refractivity contribution in [1.82, 2.24) is 0 Å². The maximum atomic E-state index is 12.6. The van der Waals surface area contributed by atoms with Crippen LogP contribution in [0.5, 0.6) is 0 Å². The fourth-order valence-corrected chi connectivity index (χ4v) is 3.09. The zero-order valence-electron chi connectivity index (χ0n) is 6.80. The average Bonchev–Trinajstić information content (AvgIpc) is 2.42. The van der Waals surface area contributed by atoms with Gasteiger partial charge in [0.15, 0.2) is 0 Å². The van der Waals surface area contributed by atoms with Gasteiger partial charge in [0, 0.05) is 14.7 Å². The lowest BCUT2D eigenvalue weighted by atomic mass is 10.2. The lowest BCUT2D eigenvalue weighted by molar-refractivity contribution is 0.153. The van der Waals surface area contributed by atoms with Gasteiger partial charge in [-0.2, -0.15) is 0 Å². The summed E-state index contributed by atoms with van der Waals surface area (Å²) in [7, 11) is 0. The van der Waals surface area contributed by atoms with E-state index >= 15 is 0 Å². The number of benzene rings is 1. The van der Waals surface area contributed by atoms with Crippen LogP contribution in [0.2, 0.25) is 0 Å². The quantitative estimate of drug-likeness (QED) is 0.711. The molecule has 0 aliphatic carbocycles. The monoisotopic (exact) mass is 294 g/mol. The summed E-state index contributed by atoms with van der Waals surface area (Å²) in [5, 5.41) is 0.810. The molecular formula is C9H5BrF2S2. The summed E-state index contributed by atoms with van der Waals surface area (Å²) in [6.45, 7) is 0. The standard InChI is InChI=1S/C9H5BrF2S2/c10-5-1-4-2-7(13)14-8(4)6(3-5)9(11)12/h1-3,9,13H. The van der Waals surface area contributed by atoms with E-state index < -0.39 is 6.43 Å². The van der Waals surface area contributed by atoms with Crippen molar-refractivity contribution in [2.45, 2.75) is 10.6 Å². The zero-order chi connectivity index (χ0) is 10.3. The summed E-state index contributed by atoms with van der Waals surface area (Å²) in [5.41, 5.74) is 0.0691. The number of fused-ring (bicyclic) bond motifs is 1. The molecule has 74 valence electrons. The molecule has 0 N–H and O–H groups in total. The predicted molar refractivity (Wildman–Crippen MR) is 61.7 cm³/mol. The number of thiophene rings is 1. The van der Waals surface area contributed by atoms with E-state index in [-0.39, 0.29) is 5.56 Å². The van der Waals surface area contributed by atoms with E-state index in [1.165, 1.54) is 17.4 Å². The van der Waals surface area contributed by atoms with Gasteiger partial charge in [-0.3, -0.25) is 0 Å². The topological polar surface area (TPSA) is 0 Å². The van der Waals surface area contributed by atoms with Gasteiger partial charge in [-0.25, -0.2) is 8.78 Å². The first-order valence-corrected chi connectivity index (χ1v) is 5.83. The SMILES string of the molecule is FC(F)c1cc(Br)cc2cc(S)sc12. The Morgan fingerprint density at radius 2 is 2.00 bits per heavy atom. The van der Waals surface area contributed by atoms with E-state index in [2.05, 4.69) is 28.6 Å². The maximum Gasteiger partial charge on any atom is 0.265 e. The van der Waals surface area contributed by atoms with Crippen molar-refractivity contribution >= 4 is 50.0 Å². The maximum absolute atomic E-state index is 12.6. The van der Waals surface area contributed by atoms with Gasteiger partial charge in [0.25, 0.3) is 6.43 Å². The van der Waals surface area contributed by atoms with Crippen LogP contribution in [0.1, 0.15) is 12.0 Å². The average molecular weight is 295 g/mol. The van der Waals surface area contributed by atoms with Crippen molar-refractivity contribution < 1.29 is 8.78 Å². The molecule has 0 aliphatic heterocycles. The number of hydrogen-bond donors (Lipinski definition) is 1. The highest BCUT2D eigenvalue weighted by molar-refractivity contribution is 9.10. The van der Waals surface area contributed by atoms with Crippen molar-refractivity contribution in [3.05, 3.63) is 28.2 Å². The molecule has 0 saturated heterocycles. The second kappa shape index (κ2) is 3.79. The van der Waals surface area contributed by atoms with Gasteiger partial charge >= 0.3 is 0 Å². The summed E-state index contributed by atoms with van der Waals surface area (Å²) < 4.78 is 27.3. The van der Waals surface area contributed by atoms with Crippen molar-refractivity contribution in [2.24, 2.45) is 0 Å². The zero-order valence-corrected chi connectivity index (χ0v) is 10.1. The van der Waals surface area contributed by atoms with Gasteiger partial charge < -0.3 is 0 Å². The molecule has 2 rings (SSSR count). The summed E-state index contributed by atoms with van der Waals surface area (Å²) in [6.07, 6.45) is -2.44. The summed E-state index contributed by atoms with van der Waals surface area (Å²) in [6, 6.07) is 5.06. The molecule has 1 aromatic carbocycles. The Hall–Kier alpha value is -0.130. The van der Waals surface area contributed by atoms with E-state index in [0.29, 0.717) is 9.17 Å². The Kier molecular flexibility index (Phi) is 2.81. The lowest BCUT2D eigenvalue weighted by Crippen LogP contribution is -1.83. The highest BCUT2D eigenvalue weighted by Gasteiger charge is 2.14. The number of halogens is 3. The predicted octanol–water partition coefficient (Wildman–Crippen LogP) is 4.89. The van der Waals surface area contributed by atoms with Crippen LogP contribution in [0.15, 0.2) is 26.9 Å². The van der Waals surface area contributed by atoms with Crippen LogP contribution in [-0.4, -0.2) is 0 Å². The molecule has 14 heavy (non-hydrogen) atoms. The molecular weight excluding hydrogens is 290 g/mol. The molecule has 0 radical (unpaired) electrons. The van der Waals surface area contributed by atoms with Gasteiger partial charge in [0.05, 0.1) is 4.21 Å². The van der Waals surface area contributed by atoms with E-state index in [1.54, 1.807) is 6.07 Å². The first-order valence-electron chi connectivity index (χ1n) is 3.78. The van der Waals surface area contributed by atoms with Gasteiger partial charge in [0.2, 0.25) is 0 Å². The minimum Gasteiger partial charge on any atom is -0.205 e. The van der Waals surface area contributed by atoms with Gasteiger partial charge in [-0.1, -0.05) is 15.9 Å². The second-order valence-electron chi connectivity index (χ2n) is 2.80. The highest BCUT2D eigenvalue weighted by Crippen LogP contribution is 2.37. The minimum absolute atomic E-state index is 0.0691. The van der Waals surface area contributed by atoms with Crippen molar-refractivity contribution in [1.29, 1.82) is 0 Å². The molecule has 1 heterocycles. The van der Waals surface area contributed by atoms with Crippen LogP contribution in [0.4, 0.5) is 8.78 Å². The molecule has 0 fully saturated rings. The van der Waals surface area contributed by atoms with E-state index in [4.69, 9.17) is 0 Å². The number of thiol groups is 1. The molecule has 0 saturated carbocycles. The smallest absolute Gasteiger partial charge is 0.205 e. The molecule has 0 bridgehead atoms. The number of hydrogen-bond acceptors (Lipinski definition) is 2. The van der Waals surface area contributed by atoms with Crippen LogP contribution >= 0.6 is 39.9 Å². The van der Waals surface area contributed by atoms with Crippen molar-refractivity contribution in [3.8, 4) is 0 Å². The highest BCUT2D eigenvalue weighted by atomic mass is 79.9. The molecule has 2 aromatic rings. The molecule has 0 aliphatic rings. The van der Waals surface area contributed by atoms with Crippen LogP contribution in [-0.2, 0) is 0 Å². The molecule has 5 heteroatoms. The second-order valence-corrected chi connectivity index (χ2v) is 5.55. The van der Waals surface area contributed by atoms with Gasteiger partial charge in [-0.15, -0.1) is 24.0 Å². The lowest BCUT2D eigenvalue weighted by Gasteiger charge is -2.01. The number of alkyl halides is 2. The third-order valence-electron chi connectivity index (χ3n) is 1.83. The summed E-state index contributed by atoms with van der Waals surface area (Å²) in [5.74, 6) is 0. The minimum atomic E-state index is -2.44. The third kappa shape index (κ3) is 1.81. The van der Waals surface area contributed by atoms with E-state index in [1.807, 2.05) is 6.07 Å². The van der Waals surface area contributed by atoms with Crippen molar-refractivity contribution in [2.75, 3.05) is 0 Å². The van der Waals surface area contributed by atoms with E-state index in [0.717, 1.165) is 9.60 Å². The molecule has 0 nitrogen and oxygen atoms in total. The first kappa shape index (κ1) is 10.4. The molecule has 0 unspecified atom stereocenters. The van der Waals surface area contributed by atoms with Gasteiger partial charge in [-0.05, 0) is 23.6 Å². The molecule has 0 amide bonds. The fraction of sp³-hybridized carbons (Fsp3) is 0.111. The molecule has 0 atom stereocenters. The Balaban J connectivity index is 2.79. The largest absolute Gasteiger partial charge is 0.265 e. The normalized spacial score (nSPS) is 11.5. The molecule has 1 aromatic heterocycles. The van der Waals surface area contributed by atoms with Crippen LogP contribution in [0.25, 0.3) is 10.1 Å². The van der Waals surface area contributed by atoms with Crippen LogP contribution in [0, 0.1) is 0 Å². The fourth-order valence-electron chi connectivity index (χ4n) is 1.29. The Bertz CT molecular complexity index is 479. The van der Waals surface area contributed by atoms with E-state index in [9.17, 15) is 8.78 Å².